The van der Waals surface area contributed by atoms with Gasteiger partial charge in [-0.3, -0.25) is 0 Å². The summed E-state index contributed by atoms with van der Waals surface area (Å²) in [5, 5.41) is 70.1. The van der Waals surface area contributed by atoms with E-state index in [9.17, 15) is 0 Å². The lowest BCUT2D eigenvalue weighted by Gasteiger charge is -2.34. The number of benzene rings is 26. The molecule has 0 heterocycles. The highest BCUT2D eigenvalue weighted by molar-refractivity contribution is 6.70. The highest BCUT2D eigenvalue weighted by Gasteiger charge is 2.38. The van der Waals surface area contributed by atoms with Crippen molar-refractivity contribution in [3.05, 3.63) is 169 Å². The van der Waals surface area contributed by atoms with Crippen LogP contribution in [0.2, 0.25) is 5.02 Å². The Morgan fingerprint density at radius 3 is 0.506 bits per heavy atom. The van der Waals surface area contributed by atoms with Crippen LogP contribution in [0, 0.1) is 0 Å². The fraction of sp³-hybridized carbons (Fsp3) is 0. The van der Waals surface area contributed by atoms with Crippen LogP contribution in [0.3, 0.4) is 0 Å². The van der Waals surface area contributed by atoms with Gasteiger partial charge in [-0.05, 0) is 343 Å². The molecule has 0 saturated carbocycles. The van der Waals surface area contributed by atoms with Crippen LogP contribution in [-0.2, 0) is 0 Å². The molecule has 0 atom stereocenters. The minimum atomic E-state index is 0.794. The number of rotatable bonds is 0. The third-order valence-electron chi connectivity index (χ3n) is 21.1. The molecule has 0 fully saturated rings. The largest absolute Gasteiger partial charge is 0.0843 e. The first kappa shape index (κ1) is 35.6. The first-order valence-electron chi connectivity index (χ1n) is 27.3. The minimum Gasteiger partial charge on any atom is -0.0843 e. The topological polar surface area (TPSA) is 0 Å². The summed E-state index contributed by atoms with van der Waals surface area (Å²) < 4.78 is 0. The van der Waals surface area contributed by atoms with E-state index in [4.69, 9.17) is 11.6 Å². The van der Waals surface area contributed by atoms with Gasteiger partial charge in [-0.25, -0.2) is 0 Å². The van der Waals surface area contributed by atoms with Gasteiger partial charge in [-0.1, -0.05) is 90.5 Å². The second-order valence-corrected chi connectivity index (χ2v) is 24.5. The molecule has 0 aliphatic rings. The molecule has 0 unspecified atom stereocenters. The second kappa shape index (κ2) is 10.5. The Morgan fingerprint density at radius 1 is 0.130 bits per heavy atom. The maximum Gasteiger partial charge on any atom is 0.0405 e. The zero-order chi connectivity index (χ0) is 48.4. The van der Waals surface area contributed by atoms with Crippen molar-refractivity contribution in [1.29, 1.82) is 0 Å². The van der Waals surface area contributed by atoms with Crippen molar-refractivity contribution in [3.63, 3.8) is 0 Å². The first-order chi connectivity index (χ1) is 38.1. The molecule has 26 aromatic carbocycles. The van der Waals surface area contributed by atoms with Crippen molar-refractivity contribution in [2.45, 2.75) is 0 Å². The van der Waals surface area contributed by atoms with E-state index in [2.05, 4.69) is 133 Å². The molecule has 0 radical (unpaired) electrons. The van der Waals surface area contributed by atoms with Gasteiger partial charge in [0, 0.05) is 5.02 Å². The predicted molar refractivity (Wildman–Crippen MR) is 337 cm³/mol. The van der Waals surface area contributed by atoms with E-state index >= 15 is 0 Å². The second-order valence-electron chi connectivity index (χ2n) is 24.0. The third kappa shape index (κ3) is 3.22. The first-order valence-corrected chi connectivity index (χ1v) is 27.7. The number of hydrogen-bond acceptors (Lipinski definition) is 0. The zero-order valence-corrected chi connectivity index (χ0v) is 41.2. The Morgan fingerprint density at radius 2 is 0.299 bits per heavy atom. The van der Waals surface area contributed by atoms with E-state index in [1.807, 2.05) is 30.3 Å². The van der Waals surface area contributed by atoms with E-state index in [-0.39, 0.29) is 0 Å². The molecule has 0 bridgehead atoms. The van der Waals surface area contributed by atoms with E-state index in [1.165, 1.54) is 259 Å². The summed E-state index contributed by atoms with van der Waals surface area (Å²) >= 11 is 5.54. The summed E-state index contributed by atoms with van der Waals surface area (Å²) in [5.41, 5.74) is 0. The molecular weight excluding hydrogens is 948 g/mol. The summed E-state index contributed by atoms with van der Waals surface area (Å²) in [7, 11) is 0. The van der Waals surface area contributed by atoms with Crippen LogP contribution in [0.4, 0.5) is 0 Å². The van der Waals surface area contributed by atoms with E-state index < -0.39 is 0 Å². The maximum atomic E-state index is 5.54. The number of hydrogen-bond donors (Lipinski definition) is 0. The van der Waals surface area contributed by atoms with Crippen molar-refractivity contribution in [2.24, 2.45) is 0 Å². The van der Waals surface area contributed by atoms with Crippen LogP contribution in [-0.4, -0.2) is 0 Å². The molecule has 0 aliphatic heterocycles. The Labute approximate surface area is 436 Å². The van der Waals surface area contributed by atoms with Crippen LogP contribution >= 0.6 is 11.6 Å². The molecule has 26 rings (SSSR count). The van der Waals surface area contributed by atoms with Crippen LogP contribution < -0.4 is 0 Å². The number of halogens is 1. The third-order valence-corrected chi connectivity index (χ3v) is 21.3. The predicted octanol–water partition coefficient (Wildman–Crippen LogP) is 22.7. The lowest BCUT2D eigenvalue weighted by molar-refractivity contribution is 1.71. The maximum absolute atomic E-state index is 5.54. The molecule has 26 aromatic rings. The smallest absolute Gasteiger partial charge is 0.0405 e. The van der Waals surface area contributed by atoms with E-state index in [0.717, 1.165) is 5.02 Å². The highest BCUT2D eigenvalue weighted by Crippen LogP contribution is 2.68. The lowest BCUT2D eigenvalue weighted by Crippen LogP contribution is -2.05. The van der Waals surface area contributed by atoms with Crippen molar-refractivity contribution in [2.75, 3.05) is 0 Å². The minimum absolute atomic E-state index is 0.794. The van der Waals surface area contributed by atoms with Crippen LogP contribution in [0.1, 0.15) is 0 Å². The van der Waals surface area contributed by atoms with Crippen LogP contribution in [0.5, 0.6) is 0 Å². The molecule has 0 aliphatic carbocycles. The lowest BCUT2D eigenvalue weighted by atomic mass is 9.68. The van der Waals surface area contributed by atoms with Crippen molar-refractivity contribution in [1.82, 2.24) is 0 Å². The molecule has 0 amide bonds. The Balaban J connectivity index is 0.000000526. The van der Waals surface area contributed by atoms with Crippen LogP contribution in [0.15, 0.2) is 164 Å². The zero-order valence-electron chi connectivity index (χ0n) is 40.5. The summed E-state index contributed by atoms with van der Waals surface area (Å²) in [6, 6.07) is 64.1. The molecule has 0 saturated heterocycles. The average Bonchev–Trinajstić information content (AvgIpc) is 1.52. The molecule has 338 valence electrons. The van der Waals surface area contributed by atoms with Gasteiger partial charge >= 0.3 is 0 Å². The van der Waals surface area contributed by atoms with Gasteiger partial charge in [-0.2, -0.15) is 0 Å². The molecular formula is C76H27Cl. The molecule has 1 heteroatoms. The highest BCUT2D eigenvalue weighted by atomic mass is 35.5. The van der Waals surface area contributed by atoms with Gasteiger partial charge in [0.1, 0.15) is 0 Å². The summed E-state index contributed by atoms with van der Waals surface area (Å²) in [6.07, 6.45) is 0. The van der Waals surface area contributed by atoms with Crippen molar-refractivity contribution >= 4 is 270 Å². The Kier molecular flexibility index (Phi) is 4.86. The van der Waals surface area contributed by atoms with Crippen molar-refractivity contribution in [3.8, 4) is 0 Å². The molecule has 0 aromatic heterocycles. The quantitative estimate of drug-likeness (QED) is 0.105. The van der Waals surface area contributed by atoms with Crippen molar-refractivity contribution < 1.29 is 0 Å². The average molecular weight is 976 g/mol. The summed E-state index contributed by atoms with van der Waals surface area (Å²) in [4.78, 5) is 0. The van der Waals surface area contributed by atoms with E-state index in [0.29, 0.717) is 0 Å². The van der Waals surface area contributed by atoms with Gasteiger partial charge in [-0.15, -0.1) is 0 Å². The van der Waals surface area contributed by atoms with Gasteiger partial charge in [0.2, 0.25) is 0 Å². The normalized spacial score (nSPS) is 14.3. The molecule has 77 heavy (non-hydrogen) atoms. The fourth-order valence-corrected chi connectivity index (χ4v) is 19.2. The van der Waals surface area contributed by atoms with E-state index in [1.54, 1.807) is 0 Å². The SMILES string of the molecule is Clc1ccccc1.c1cc2cc3cc4cc5ccc6cc7cc8cc9cccc%10cc%11cc%12cc%13ccc%14cc%15cc%16cc(c1)c2c1c3c2c4c3c5c6c4c7c5c8c(c9%10)c%11c6c%12c7c%13c%14c8c%15c(c%161)c2c1c3c4c(c56)c7c81. The molecule has 0 N–H and O–H groups in total. The summed E-state index contributed by atoms with van der Waals surface area (Å²) in [6.45, 7) is 0. The Hall–Kier alpha value is -9.59. The Bertz CT molecular complexity index is 6270. The van der Waals surface area contributed by atoms with Gasteiger partial charge < -0.3 is 0 Å². The van der Waals surface area contributed by atoms with Gasteiger partial charge in [0.25, 0.3) is 0 Å². The van der Waals surface area contributed by atoms with Gasteiger partial charge in [0.05, 0.1) is 0 Å². The van der Waals surface area contributed by atoms with Gasteiger partial charge in [0.15, 0.2) is 0 Å². The molecule has 0 nitrogen and oxygen atoms in total. The summed E-state index contributed by atoms with van der Waals surface area (Å²) in [5.74, 6) is 0. The monoisotopic (exact) mass is 974 g/mol. The molecule has 0 spiro atoms. The fourth-order valence-electron chi connectivity index (χ4n) is 19.0. The van der Waals surface area contributed by atoms with Crippen LogP contribution in [0.25, 0.3) is 259 Å². The standard InChI is InChI=1S/C70H22.C6H5Cl/c1-3-23-11-31-19-35-15-27-7-9-29-17-37-21-33-13-25-5-2-6-26-14-34-22-38-18-30-10-8-28-16-36-20-32-12-24(4-1)39(23)53-45(31)59-49(35)55-41(27)43(29)57-51(37)61-47(33)54(40(25)26)48(34)62-52(38)58-44(30)42(28)56-50(36)60(46(32)53)63(59)69-65(55)67(57)70(64(61)62)68(58)66(56)69;7-6-4-2-1-3-5-6/h1-22H;1-5H.